The Labute approximate surface area is 206 Å². The molecular weight excluding hydrogens is 531 g/mol. The fraction of sp³-hybridized carbons (Fsp3) is 0.952. The zero-order valence-electron chi connectivity index (χ0n) is 19.8. The van der Waals surface area contributed by atoms with Gasteiger partial charge in [0, 0.05) is 53.0 Å². The van der Waals surface area contributed by atoms with Gasteiger partial charge in [-0.15, -0.1) is 24.0 Å². The van der Waals surface area contributed by atoms with Crippen molar-refractivity contribution < 1.29 is 17.9 Å². The first-order valence-electron chi connectivity index (χ1n) is 11.4. The SMILES string of the molecule is CCNC(=NCC1(CCOC)CCCC1)N1CCN(S(=O)(=O)CCOC(C)C)CC1.I. The molecule has 2 fully saturated rings. The van der Waals surface area contributed by atoms with Gasteiger partial charge in [0.15, 0.2) is 5.96 Å². The van der Waals surface area contributed by atoms with E-state index >= 15 is 0 Å². The zero-order chi connectivity index (χ0) is 22.0. The molecule has 8 nitrogen and oxygen atoms in total. The summed E-state index contributed by atoms with van der Waals surface area (Å²) in [6, 6.07) is 0. The van der Waals surface area contributed by atoms with Crippen LogP contribution in [-0.2, 0) is 19.5 Å². The van der Waals surface area contributed by atoms with E-state index in [4.69, 9.17) is 14.5 Å². The monoisotopic (exact) mass is 574 g/mol. The highest BCUT2D eigenvalue weighted by Gasteiger charge is 2.34. The summed E-state index contributed by atoms with van der Waals surface area (Å²) in [7, 11) is -1.52. The smallest absolute Gasteiger partial charge is 0.216 e. The summed E-state index contributed by atoms with van der Waals surface area (Å²) in [6.45, 7) is 10.8. The molecule has 31 heavy (non-hydrogen) atoms. The number of piperazine rings is 1. The Morgan fingerprint density at radius 2 is 1.77 bits per heavy atom. The normalized spacial score (nSPS) is 20.2. The Hall–Kier alpha value is -0.170. The number of guanidine groups is 1. The molecule has 0 spiro atoms. The molecule has 0 aromatic carbocycles. The lowest BCUT2D eigenvalue weighted by molar-refractivity contribution is 0.0904. The topological polar surface area (TPSA) is 83.5 Å². The van der Waals surface area contributed by atoms with E-state index in [1.807, 2.05) is 13.8 Å². The molecule has 0 aromatic rings. The lowest BCUT2D eigenvalue weighted by Gasteiger charge is -2.36. The number of methoxy groups -OCH3 is 1. The first-order chi connectivity index (χ1) is 14.3. The quantitative estimate of drug-likeness (QED) is 0.232. The van der Waals surface area contributed by atoms with Gasteiger partial charge in [0.05, 0.1) is 18.5 Å². The number of hydrogen-bond acceptors (Lipinski definition) is 5. The van der Waals surface area contributed by atoms with Gasteiger partial charge in [0.2, 0.25) is 10.0 Å². The van der Waals surface area contributed by atoms with Gasteiger partial charge in [-0.25, -0.2) is 8.42 Å². The second-order valence-corrected chi connectivity index (χ2v) is 10.8. The van der Waals surface area contributed by atoms with Gasteiger partial charge in [-0.05, 0) is 45.4 Å². The van der Waals surface area contributed by atoms with E-state index in [1.54, 1.807) is 11.4 Å². The molecule has 1 aliphatic carbocycles. The van der Waals surface area contributed by atoms with Gasteiger partial charge in [0.1, 0.15) is 0 Å². The molecule has 184 valence electrons. The fourth-order valence-electron chi connectivity index (χ4n) is 4.30. The van der Waals surface area contributed by atoms with Crippen molar-refractivity contribution in [3.8, 4) is 0 Å². The summed E-state index contributed by atoms with van der Waals surface area (Å²) in [4.78, 5) is 7.18. The number of nitrogens with one attached hydrogen (secondary N) is 1. The predicted octanol–water partition coefficient (Wildman–Crippen LogP) is 2.54. The van der Waals surface area contributed by atoms with E-state index in [0.717, 1.165) is 32.1 Å². The van der Waals surface area contributed by atoms with Crippen LogP contribution in [0, 0.1) is 5.41 Å². The maximum atomic E-state index is 12.6. The molecule has 10 heteroatoms. The Morgan fingerprint density at radius 3 is 2.32 bits per heavy atom. The van der Waals surface area contributed by atoms with Gasteiger partial charge in [0.25, 0.3) is 0 Å². The third-order valence-electron chi connectivity index (χ3n) is 6.12. The predicted molar refractivity (Wildman–Crippen MR) is 137 cm³/mol. The summed E-state index contributed by atoms with van der Waals surface area (Å²) in [5.74, 6) is 0.947. The molecule has 2 aliphatic rings. The van der Waals surface area contributed by atoms with Crippen molar-refractivity contribution in [2.24, 2.45) is 10.4 Å². The van der Waals surface area contributed by atoms with Gasteiger partial charge in [-0.1, -0.05) is 12.8 Å². The average Bonchev–Trinajstić information content (AvgIpc) is 3.18. The number of nitrogens with zero attached hydrogens (tertiary/aromatic N) is 3. The average molecular weight is 575 g/mol. The maximum absolute atomic E-state index is 12.6. The number of aliphatic imine (C=N–C) groups is 1. The van der Waals surface area contributed by atoms with Crippen LogP contribution in [0.2, 0.25) is 0 Å². The van der Waals surface area contributed by atoms with E-state index in [9.17, 15) is 8.42 Å². The molecule has 2 rings (SSSR count). The Balaban J connectivity index is 0.00000480. The van der Waals surface area contributed by atoms with Crippen LogP contribution in [0.3, 0.4) is 0 Å². The number of sulfonamides is 1. The van der Waals surface area contributed by atoms with E-state index < -0.39 is 10.0 Å². The van der Waals surface area contributed by atoms with Crippen LogP contribution >= 0.6 is 24.0 Å². The second kappa shape index (κ2) is 14.2. The lowest BCUT2D eigenvalue weighted by Crippen LogP contribution is -2.54. The highest BCUT2D eigenvalue weighted by atomic mass is 127. The minimum Gasteiger partial charge on any atom is -0.385 e. The molecule has 0 radical (unpaired) electrons. The number of halogens is 1. The highest BCUT2D eigenvalue weighted by Crippen LogP contribution is 2.41. The first kappa shape index (κ1) is 28.9. The molecule has 0 atom stereocenters. The first-order valence-corrected chi connectivity index (χ1v) is 13.0. The van der Waals surface area contributed by atoms with E-state index in [1.165, 1.54) is 25.7 Å². The largest absolute Gasteiger partial charge is 0.385 e. The summed E-state index contributed by atoms with van der Waals surface area (Å²) in [5.41, 5.74) is 0.248. The number of ether oxygens (including phenoxy) is 2. The third-order valence-corrected chi connectivity index (χ3v) is 7.96. The Bertz CT molecular complexity index is 631. The molecule has 0 amide bonds. The zero-order valence-corrected chi connectivity index (χ0v) is 22.9. The van der Waals surface area contributed by atoms with Crippen molar-refractivity contribution in [3.63, 3.8) is 0 Å². The lowest BCUT2D eigenvalue weighted by atomic mass is 9.83. The molecule has 0 unspecified atom stereocenters. The van der Waals surface area contributed by atoms with Crippen LogP contribution in [0.1, 0.15) is 52.9 Å². The molecule has 1 saturated heterocycles. The van der Waals surface area contributed by atoms with Crippen LogP contribution < -0.4 is 5.32 Å². The minimum atomic E-state index is -3.28. The van der Waals surface area contributed by atoms with Crippen LogP contribution in [0.4, 0.5) is 0 Å². The molecule has 0 bridgehead atoms. The van der Waals surface area contributed by atoms with Crippen LogP contribution in [0.15, 0.2) is 4.99 Å². The number of rotatable bonds is 11. The van der Waals surface area contributed by atoms with Crippen molar-refractivity contribution in [2.75, 3.05) is 65.3 Å². The van der Waals surface area contributed by atoms with Crippen molar-refractivity contribution in [1.29, 1.82) is 0 Å². The summed E-state index contributed by atoms with van der Waals surface area (Å²) in [6.07, 6.45) is 6.06. The molecule has 1 aliphatic heterocycles. The van der Waals surface area contributed by atoms with Crippen molar-refractivity contribution in [2.45, 2.75) is 59.0 Å². The van der Waals surface area contributed by atoms with Gasteiger partial charge < -0.3 is 19.7 Å². The van der Waals surface area contributed by atoms with Gasteiger partial charge in [-0.3, -0.25) is 4.99 Å². The highest BCUT2D eigenvalue weighted by molar-refractivity contribution is 14.0. The van der Waals surface area contributed by atoms with E-state index in [0.29, 0.717) is 26.2 Å². The van der Waals surface area contributed by atoms with Gasteiger partial charge >= 0.3 is 0 Å². The summed E-state index contributed by atoms with van der Waals surface area (Å²) in [5, 5.41) is 3.41. The van der Waals surface area contributed by atoms with Crippen molar-refractivity contribution in [3.05, 3.63) is 0 Å². The molecule has 0 aromatic heterocycles. The standard InChI is InChI=1S/C21H42N4O4S.HI/c1-5-22-20(23-18-21(10-15-28-4)8-6-7-9-21)24-11-13-25(14-12-24)30(26,27)17-16-29-19(2)3;/h19H,5-18H2,1-4H3,(H,22,23);1H. The summed E-state index contributed by atoms with van der Waals surface area (Å²) >= 11 is 0. The molecule has 1 saturated carbocycles. The van der Waals surface area contributed by atoms with Crippen LogP contribution in [0.25, 0.3) is 0 Å². The maximum Gasteiger partial charge on any atom is 0.216 e. The number of hydrogen-bond donors (Lipinski definition) is 1. The molecule has 1 N–H and O–H groups in total. The molecule has 1 heterocycles. The van der Waals surface area contributed by atoms with Gasteiger partial charge in [-0.2, -0.15) is 4.31 Å². The van der Waals surface area contributed by atoms with E-state index in [2.05, 4.69) is 17.1 Å². The second-order valence-electron chi connectivity index (χ2n) is 8.74. The van der Waals surface area contributed by atoms with E-state index in [-0.39, 0.29) is 47.9 Å². The Kier molecular flexibility index (Phi) is 13.2. The fourth-order valence-corrected chi connectivity index (χ4v) is 5.58. The van der Waals surface area contributed by atoms with Crippen LogP contribution in [-0.4, -0.2) is 95.0 Å². The van der Waals surface area contributed by atoms with Crippen molar-refractivity contribution >= 4 is 40.0 Å². The van der Waals surface area contributed by atoms with Crippen LogP contribution in [0.5, 0.6) is 0 Å². The molecular formula is C21H43IN4O4S. The minimum absolute atomic E-state index is 0. The van der Waals surface area contributed by atoms with Crippen molar-refractivity contribution in [1.82, 2.24) is 14.5 Å². The third kappa shape index (κ3) is 9.30. The summed E-state index contributed by atoms with van der Waals surface area (Å²) < 4.78 is 37.5. The Morgan fingerprint density at radius 1 is 1.13 bits per heavy atom.